The van der Waals surface area contributed by atoms with Gasteiger partial charge >= 0.3 is 6.01 Å². The van der Waals surface area contributed by atoms with Gasteiger partial charge < -0.3 is 30.0 Å². The maximum Gasteiger partial charge on any atom is 0.319 e. The summed E-state index contributed by atoms with van der Waals surface area (Å²) >= 11 is 1.08. The van der Waals surface area contributed by atoms with Gasteiger partial charge in [-0.15, -0.1) is 0 Å². The number of piperazine rings is 1. The SMILES string of the molecule is Nc1nc2c(-c3cc4nc(OC[C@@]56CCCN5C[C@H](F)C6)nc(N5C6CCC5CNC6)c4c(=O)n3CC3COC3)ccc(F)c2s1. The zero-order valence-electron chi connectivity index (χ0n) is 25.4. The fourth-order valence-corrected chi connectivity index (χ4v) is 9.25. The van der Waals surface area contributed by atoms with E-state index >= 15 is 0 Å². The molecule has 0 aliphatic carbocycles. The fourth-order valence-electron chi connectivity index (χ4n) is 8.48. The van der Waals surface area contributed by atoms with Gasteiger partial charge in [-0.1, -0.05) is 11.3 Å². The zero-order valence-corrected chi connectivity index (χ0v) is 26.2. The average molecular weight is 651 g/mol. The third-order valence-electron chi connectivity index (χ3n) is 10.7. The van der Waals surface area contributed by atoms with E-state index in [4.69, 9.17) is 25.2 Å². The Morgan fingerprint density at radius 2 is 2.00 bits per heavy atom. The molecule has 1 aromatic carbocycles. The highest BCUT2D eigenvalue weighted by molar-refractivity contribution is 7.22. The van der Waals surface area contributed by atoms with Crippen LogP contribution in [-0.2, 0) is 11.3 Å². The summed E-state index contributed by atoms with van der Waals surface area (Å²) in [7, 11) is 0. The number of anilines is 2. The van der Waals surface area contributed by atoms with Gasteiger partial charge in [-0.05, 0) is 50.4 Å². The lowest BCUT2D eigenvalue weighted by Gasteiger charge is -2.37. The summed E-state index contributed by atoms with van der Waals surface area (Å²) < 4.78 is 43.4. The summed E-state index contributed by atoms with van der Waals surface area (Å²) in [6, 6.07) is 5.50. The predicted octanol–water partition coefficient (Wildman–Crippen LogP) is 3.33. The van der Waals surface area contributed by atoms with E-state index in [9.17, 15) is 13.6 Å². The van der Waals surface area contributed by atoms with E-state index in [1.165, 1.54) is 6.07 Å². The molecule has 4 atom stereocenters. The van der Waals surface area contributed by atoms with Crippen molar-refractivity contribution in [1.29, 1.82) is 0 Å². The molecule has 3 N–H and O–H groups in total. The number of pyridine rings is 1. The lowest BCUT2D eigenvalue weighted by Crippen LogP contribution is -2.52. The van der Waals surface area contributed by atoms with Crippen LogP contribution in [0.3, 0.4) is 0 Å². The van der Waals surface area contributed by atoms with E-state index in [2.05, 4.69) is 20.1 Å². The molecule has 14 heteroatoms. The molecule has 0 spiro atoms. The second-order valence-corrected chi connectivity index (χ2v) is 14.6. The smallest absolute Gasteiger partial charge is 0.319 e. The first-order chi connectivity index (χ1) is 22.4. The number of alkyl halides is 1. The van der Waals surface area contributed by atoms with Gasteiger partial charge in [0, 0.05) is 56.2 Å². The molecule has 0 radical (unpaired) electrons. The highest BCUT2D eigenvalue weighted by Gasteiger charge is 2.49. The number of halogens is 2. The van der Waals surface area contributed by atoms with Crippen molar-refractivity contribution in [2.45, 2.75) is 62.4 Å². The van der Waals surface area contributed by atoms with Crippen molar-refractivity contribution < 1.29 is 18.3 Å². The number of rotatable bonds is 7. The Labute approximate surface area is 267 Å². The van der Waals surface area contributed by atoms with E-state index in [1.54, 1.807) is 10.6 Å². The number of nitrogens with two attached hydrogens (primary N) is 1. The van der Waals surface area contributed by atoms with Crippen molar-refractivity contribution in [1.82, 2.24) is 29.7 Å². The Hall–Kier alpha value is -3.46. The van der Waals surface area contributed by atoms with Crippen molar-refractivity contribution in [3.8, 4) is 17.3 Å². The molecule has 3 aromatic heterocycles. The molecule has 242 valence electrons. The normalized spacial score (nSPS) is 28.0. The molecule has 2 unspecified atom stereocenters. The average Bonchev–Trinajstić information content (AvgIpc) is 3.74. The van der Waals surface area contributed by atoms with Crippen LogP contribution in [0.4, 0.5) is 19.7 Å². The molecular formula is C32H36F2N8O3S. The van der Waals surface area contributed by atoms with Crippen LogP contribution in [0.25, 0.3) is 32.4 Å². The van der Waals surface area contributed by atoms with Crippen molar-refractivity contribution in [2.75, 3.05) is 56.6 Å². The first kappa shape index (κ1) is 28.7. The Morgan fingerprint density at radius 3 is 2.78 bits per heavy atom. The Balaban J connectivity index is 1.23. The number of aromatic nitrogens is 4. The molecule has 4 aromatic rings. The van der Waals surface area contributed by atoms with Crippen LogP contribution in [-0.4, -0.2) is 94.2 Å². The van der Waals surface area contributed by atoms with Crippen molar-refractivity contribution in [3.05, 3.63) is 34.4 Å². The van der Waals surface area contributed by atoms with E-state index in [-0.39, 0.29) is 46.8 Å². The monoisotopic (exact) mass is 650 g/mol. The molecule has 5 fully saturated rings. The third kappa shape index (κ3) is 4.51. The van der Waals surface area contributed by atoms with Crippen LogP contribution in [0.2, 0.25) is 0 Å². The van der Waals surface area contributed by atoms with Crippen LogP contribution in [0.5, 0.6) is 6.01 Å². The second-order valence-electron chi connectivity index (χ2n) is 13.6. The van der Waals surface area contributed by atoms with Gasteiger partial charge in [-0.2, -0.15) is 9.97 Å². The number of benzene rings is 1. The maximum absolute atomic E-state index is 14.9. The van der Waals surface area contributed by atoms with Gasteiger partial charge in [0.05, 0.1) is 40.2 Å². The fraction of sp³-hybridized carbons (Fsp3) is 0.562. The molecule has 8 heterocycles. The Bertz CT molecular complexity index is 1900. The minimum absolute atomic E-state index is 0.159. The molecule has 11 nitrogen and oxygen atoms in total. The summed E-state index contributed by atoms with van der Waals surface area (Å²) in [4.78, 5) is 33.6. The van der Waals surface area contributed by atoms with Gasteiger partial charge in [-0.3, -0.25) is 9.69 Å². The van der Waals surface area contributed by atoms with Crippen molar-refractivity contribution in [2.24, 2.45) is 5.92 Å². The molecule has 2 bridgehead atoms. The predicted molar refractivity (Wildman–Crippen MR) is 172 cm³/mol. The molecule has 5 aliphatic rings. The number of nitrogen functional groups attached to an aromatic ring is 1. The number of ether oxygens (including phenoxy) is 2. The van der Waals surface area contributed by atoms with Gasteiger partial charge in [0.2, 0.25) is 0 Å². The van der Waals surface area contributed by atoms with E-state index in [0.717, 1.165) is 56.7 Å². The van der Waals surface area contributed by atoms with E-state index in [1.807, 2.05) is 6.07 Å². The lowest BCUT2D eigenvalue weighted by molar-refractivity contribution is -0.0395. The highest BCUT2D eigenvalue weighted by atomic mass is 32.1. The summed E-state index contributed by atoms with van der Waals surface area (Å²) in [5.74, 6) is 0.334. The highest BCUT2D eigenvalue weighted by Crippen LogP contribution is 2.42. The van der Waals surface area contributed by atoms with Crippen LogP contribution >= 0.6 is 11.3 Å². The Kier molecular flexibility index (Phi) is 6.74. The summed E-state index contributed by atoms with van der Waals surface area (Å²) in [6.07, 6.45) is 3.44. The number of hydrogen-bond acceptors (Lipinski definition) is 11. The summed E-state index contributed by atoms with van der Waals surface area (Å²) in [5, 5.41) is 4.21. The first-order valence-electron chi connectivity index (χ1n) is 16.3. The summed E-state index contributed by atoms with van der Waals surface area (Å²) in [6.45, 7) is 4.73. The largest absolute Gasteiger partial charge is 0.461 e. The quantitative estimate of drug-likeness (QED) is 0.308. The van der Waals surface area contributed by atoms with Crippen LogP contribution in [0.15, 0.2) is 23.0 Å². The van der Waals surface area contributed by atoms with Crippen LogP contribution < -0.4 is 26.2 Å². The number of thiazole rings is 1. The minimum atomic E-state index is -0.872. The van der Waals surface area contributed by atoms with E-state index in [0.29, 0.717) is 70.9 Å². The van der Waals surface area contributed by atoms with Gasteiger partial charge in [0.25, 0.3) is 5.56 Å². The van der Waals surface area contributed by atoms with Gasteiger partial charge in [0.15, 0.2) is 5.13 Å². The lowest BCUT2D eigenvalue weighted by atomic mass is 9.95. The second kappa shape index (κ2) is 10.8. The number of hydrogen-bond donors (Lipinski definition) is 2. The molecule has 46 heavy (non-hydrogen) atoms. The molecular weight excluding hydrogens is 614 g/mol. The molecule has 5 aliphatic heterocycles. The first-order valence-corrected chi connectivity index (χ1v) is 17.1. The minimum Gasteiger partial charge on any atom is -0.461 e. The summed E-state index contributed by atoms with van der Waals surface area (Å²) in [5.41, 5.74) is 7.51. The third-order valence-corrected chi connectivity index (χ3v) is 11.6. The number of nitrogens with one attached hydrogen (secondary N) is 1. The molecule has 5 saturated heterocycles. The molecule has 0 saturated carbocycles. The maximum atomic E-state index is 14.9. The molecule has 9 rings (SSSR count). The van der Waals surface area contributed by atoms with E-state index < -0.39 is 12.0 Å². The van der Waals surface area contributed by atoms with Gasteiger partial charge in [-0.25, -0.2) is 13.8 Å². The zero-order chi connectivity index (χ0) is 31.2. The number of fused-ring (bicyclic) bond motifs is 5. The Morgan fingerprint density at radius 1 is 1.17 bits per heavy atom. The van der Waals surface area contributed by atoms with Crippen LogP contribution in [0, 0.1) is 11.7 Å². The van der Waals surface area contributed by atoms with Crippen molar-refractivity contribution >= 4 is 43.4 Å². The van der Waals surface area contributed by atoms with Crippen LogP contribution in [0.1, 0.15) is 32.1 Å². The number of nitrogens with zero attached hydrogens (tertiary/aromatic N) is 6. The standard InChI is InChI=1S/C32H36F2N8O3S/c33-18-9-32(6-1-7-40(32)13-18)16-45-31-37-23-8-24(21-4-5-22(34)27-26(21)38-30(35)46-27)41(12-17-14-44-15-17)29(43)25(23)28(39-31)42-19-2-3-20(42)11-36-10-19/h4-5,8,17-20,36H,1-3,6-7,9-16H2,(H2,35,38)/t18-,19?,20?,32+/m1/s1. The topological polar surface area (TPSA) is 124 Å². The van der Waals surface area contributed by atoms with Crippen molar-refractivity contribution in [3.63, 3.8) is 0 Å². The van der Waals surface area contributed by atoms with Gasteiger partial charge in [0.1, 0.15) is 29.8 Å². The molecule has 0 amide bonds.